The van der Waals surface area contributed by atoms with Gasteiger partial charge in [0.15, 0.2) is 0 Å². The van der Waals surface area contributed by atoms with E-state index in [0.717, 1.165) is 37.8 Å². The zero-order valence-corrected chi connectivity index (χ0v) is 11.8. The molecule has 1 aromatic rings. The van der Waals surface area contributed by atoms with Crippen LogP contribution in [0, 0.1) is 0 Å². The number of rotatable bonds is 1. The minimum Gasteiger partial charge on any atom is -0.475 e. The Kier molecular flexibility index (Phi) is 4.10. The Bertz CT molecular complexity index is 546. The maximum atomic E-state index is 14.1. The number of alkyl halides is 4. The maximum Gasteiger partial charge on any atom is 0.490 e. The first kappa shape index (κ1) is 16.6. The van der Waals surface area contributed by atoms with Gasteiger partial charge in [-0.3, -0.25) is 0 Å². The molecule has 0 aromatic heterocycles. The third-order valence-corrected chi connectivity index (χ3v) is 4.52. The summed E-state index contributed by atoms with van der Waals surface area (Å²) in [5.74, 6) is -2.76. The third-order valence-electron chi connectivity index (χ3n) is 4.52. The van der Waals surface area contributed by atoms with Gasteiger partial charge >= 0.3 is 12.1 Å². The summed E-state index contributed by atoms with van der Waals surface area (Å²) >= 11 is 0. The predicted octanol–water partition coefficient (Wildman–Crippen LogP) is 3.83. The number of nitrogen functional groups attached to an aromatic ring is 1. The molecule has 0 aliphatic heterocycles. The Morgan fingerprint density at radius 1 is 1.09 bits per heavy atom. The number of hydrogen-bond acceptors (Lipinski definition) is 2. The normalized spacial score (nSPS) is 29.8. The van der Waals surface area contributed by atoms with Crippen LogP contribution >= 0.6 is 0 Å². The van der Waals surface area contributed by atoms with Crippen molar-refractivity contribution in [3.05, 3.63) is 29.8 Å². The molecule has 2 saturated carbocycles. The van der Waals surface area contributed by atoms with Gasteiger partial charge in [0.05, 0.1) is 0 Å². The predicted molar refractivity (Wildman–Crippen MR) is 73.1 cm³/mol. The highest BCUT2D eigenvalue weighted by Gasteiger charge is 2.55. The van der Waals surface area contributed by atoms with Crippen LogP contribution in [0.25, 0.3) is 0 Å². The van der Waals surface area contributed by atoms with Crippen molar-refractivity contribution < 1.29 is 27.5 Å². The summed E-state index contributed by atoms with van der Waals surface area (Å²) in [6, 6.07) is 8.01. The minimum absolute atomic E-state index is 0.127. The second-order valence-electron chi connectivity index (χ2n) is 6.03. The zero-order valence-electron chi connectivity index (χ0n) is 11.8. The average Bonchev–Trinajstić information content (AvgIpc) is 2.94. The van der Waals surface area contributed by atoms with E-state index in [1.54, 1.807) is 0 Å². The van der Waals surface area contributed by atoms with Crippen molar-refractivity contribution in [2.45, 2.75) is 49.4 Å². The van der Waals surface area contributed by atoms with Gasteiger partial charge in [-0.1, -0.05) is 12.1 Å². The minimum atomic E-state index is -5.08. The van der Waals surface area contributed by atoms with Crippen molar-refractivity contribution in [1.82, 2.24) is 0 Å². The van der Waals surface area contributed by atoms with E-state index in [0.29, 0.717) is 0 Å². The van der Waals surface area contributed by atoms with Crippen LogP contribution in [0.15, 0.2) is 24.3 Å². The number of nitrogens with two attached hydrogens (primary N) is 1. The van der Waals surface area contributed by atoms with Gasteiger partial charge in [-0.05, 0) is 55.2 Å². The number of benzene rings is 1. The highest BCUT2D eigenvalue weighted by atomic mass is 19.4. The summed E-state index contributed by atoms with van der Waals surface area (Å²) in [6.45, 7) is 0. The highest BCUT2D eigenvalue weighted by Crippen LogP contribution is 2.59. The second kappa shape index (κ2) is 5.44. The molecule has 2 aliphatic rings. The molecule has 0 atom stereocenters. The smallest absolute Gasteiger partial charge is 0.475 e. The molecule has 22 heavy (non-hydrogen) atoms. The van der Waals surface area contributed by atoms with Crippen molar-refractivity contribution in [3.8, 4) is 0 Å². The van der Waals surface area contributed by atoms with Gasteiger partial charge in [0, 0.05) is 5.69 Å². The number of fused-ring (bicyclic) bond motifs is 2. The first-order chi connectivity index (χ1) is 10.1. The summed E-state index contributed by atoms with van der Waals surface area (Å²) in [5, 5.41) is 7.12. The number of carboxylic acids is 1. The van der Waals surface area contributed by atoms with E-state index in [9.17, 15) is 17.6 Å². The molecular formula is C15H17F4NO2. The molecule has 3 nitrogen and oxygen atoms in total. The SMILES string of the molecule is Nc1ccc(C23CCC(F)(CC2)C3)cc1.O=C(O)C(F)(F)F. The molecular weight excluding hydrogens is 302 g/mol. The van der Waals surface area contributed by atoms with E-state index in [2.05, 4.69) is 12.1 Å². The number of anilines is 1. The molecule has 0 saturated heterocycles. The number of aliphatic carboxylic acids is 1. The van der Waals surface area contributed by atoms with E-state index in [-0.39, 0.29) is 5.41 Å². The second-order valence-corrected chi connectivity index (χ2v) is 6.03. The standard InChI is InChI=1S/C13H16FN.C2HF3O2/c14-13-7-5-12(9-13,6-8-13)10-1-3-11(15)4-2-10;3-2(4,5)1(6)7/h1-4H,5-9,15H2;(H,6,7). The molecule has 0 heterocycles. The Balaban J connectivity index is 0.000000217. The highest BCUT2D eigenvalue weighted by molar-refractivity contribution is 5.73. The lowest BCUT2D eigenvalue weighted by molar-refractivity contribution is -0.192. The van der Waals surface area contributed by atoms with Crippen LogP contribution in [-0.2, 0) is 10.2 Å². The number of hydrogen-bond donors (Lipinski definition) is 2. The molecule has 3 N–H and O–H groups in total. The van der Waals surface area contributed by atoms with Gasteiger partial charge in [0.25, 0.3) is 0 Å². The average molecular weight is 319 g/mol. The number of halogens is 4. The van der Waals surface area contributed by atoms with Crippen LogP contribution in [0.4, 0.5) is 23.2 Å². The fraction of sp³-hybridized carbons (Fsp3) is 0.533. The van der Waals surface area contributed by atoms with E-state index in [1.807, 2.05) is 12.1 Å². The fourth-order valence-corrected chi connectivity index (χ4v) is 3.36. The summed E-state index contributed by atoms with van der Waals surface area (Å²) in [7, 11) is 0. The Morgan fingerprint density at radius 3 is 1.86 bits per heavy atom. The van der Waals surface area contributed by atoms with Gasteiger partial charge in [-0.2, -0.15) is 13.2 Å². The van der Waals surface area contributed by atoms with Crippen LogP contribution in [-0.4, -0.2) is 22.9 Å². The van der Waals surface area contributed by atoms with E-state index >= 15 is 0 Å². The molecule has 2 bridgehead atoms. The molecule has 3 rings (SSSR count). The number of carbonyl (C=O) groups is 1. The van der Waals surface area contributed by atoms with Crippen LogP contribution in [0.2, 0.25) is 0 Å². The van der Waals surface area contributed by atoms with Crippen molar-refractivity contribution in [1.29, 1.82) is 0 Å². The first-order valence-electron chi connectivity index (χ1n) is 6.92. The molecule has 7 heteroatoms. The zero-order chi connectivity index (χ0) is 16.6. The van der Waals surface area contributed by atoms with Crippen LogP contribution in [0.3, 0.4) is 0 Å². The van der Waals surface area contributed by atoms with Crippen molar-refractivity contribution >= 4 is 11.7 Å². The van der Waals surface area contributed by atoms with Gasteiger partial charge in [-0.25, -0.2) is 9.18 Å². The Morgan fingerprint density at radius 2 is 1.55 bits per heavy atom. The van der Waals surface area contributed by atoms with E-state index in [4.69, 9.17) is 15.6 Å². The lowest BCUT2D eigenvalue weighted by atomic mass is 9.78. The molecule has 1 aromatic carbocycles. The molecule has 0 spiro atoms. The lowest BCUT2D eigenvalue weighted by Crippen LogP contribution is -2.21. The van der Waals surface area contributed by atoms with Crippen molar-refractivity contribution in [2.24, 2.45) is 0 Å². The fourth-order valence-electron chi connectivity index (χ4n) is 3.36. The molecule has 2 fully saturated rings. The first-order valence-corrected chi connectivity index (χ1v) is 6.92. The monoisotopic (exact) mass is 319 g/mol. The lowest BCUT2D eigenvalue weighted by Gasteiger charge is -2.26. The van der Waals surface area contributed by atoms with E-state index in [1.165, 1.54) is 5.56 Å². The van der Waals surface area contributed by atoms with Gasteiger partial charge in [0.1, 0.15) is 5.67 Å². The molecule has 0 unspecified atom stereocenters. The Hall–Kier alpha value is -1.79. The summed E-state index contributed by atoms with van der Waals surface area (Å²) in [5.41, 5.74) is 7.02. The summed E-state index contributed by atoms with van der Waals surface area (Å²) in [6.07, 6.45) is -0.848. The molecule has 122 valence electrons. The topological polar surface area (TPSA) is 63.3 Å². The largest absolute Gasteiger partial charge is 0.490 e. The van der Waals surface area contributed by atoms with Crippen molar-refractivity contribution in [3.63, 3.8) is 0 Å². The Labute approximate surface area is 125 Å². The molecule has 0 amide bonds. The van der Waals surface area contributed by atoms with Crippen molar-refractivity contribution in [2.75, 3.05) is 5.73 Å². The molecule has 0 radical (unpaired) electrons. The van der Waals surface area contributed by atoms with Crippen LogP contribution in [0.1, 0.15) is 37.7 Å². The van der Waals surface area contributed by atoms with Crippen LogP contribution in [0.5, 0.6) is 0 Å². The molecule has 2 aliphatic carbocycles. The third kappa shape index (κ3) is 3.34. The quantitative estimate of drug-likeness (QED) is 0.611. The number of carboxylic acid groups (broad SMARTS) is 1. The maximum absolute atomic E-state index is 14.1. The van der Waals surface area contributed by atoms with Gasteiger partial charge < -0.3 is 10.8 Å². The van der Waals surface area contributed by atoms with E-state index < -0.39 is 17.8 Å². The van der Waals surface area contributed by atoms with Crippen LogP contribution < -0.4 is 5.73 Å². The van der Waals surface area contributed by atoms with Gasteiger partial charge in [-0.15, -0.1) is 0 Å². The summed E-state index contributed by atoms with van der Waals surface area (Å²) < 4.78 is 45.8. The summed E-state index contributed by atoms with van der Waals surface area (Å²) in [4.78, 5) is 8.90. The van der Waals surface area contributed by atoms with Gasteiger partial charge in [0.2, 0.25) is 0 Å².